The number of anilines is 3. The maximum Gasteiger partial charge on any atom is 0.262 e. The van der Waals surface area contributed by atoms with Gasteiger partial charge in [-0.25, -0.2) is 34.9 Å². The first-order valence-corrected chi connectivity index (χ1v) is 26.8. The molecule has 1 aromatic carbocycles. The molecule has 0 saturated carbocycles. The third-order valence-electron chi connectivity index (χ3n) is 14.0. The van der Waals surface area contributed by atoms with E-state index in [0.29, 0.717) is 150 Å². The molecule has 0 aliphatic carbocycles. The molecule has 6 aliphatic rings. The SMILES string of the molecule is O=C1COc2ncc(N3C(=O)C(c4ccc5c(c4)OCCO5)(c4cnc5snnc5c4)Sc4nc(-c5cc(-c6cc7cccnc7[nH]6)c6c(n5)OCCO6)cc(-c5cc6c(c(-c7cnc8c(c7)OCCO8)n5)OCCO6)c43)cc2N1. The first kappa shape index (κ1) is 46.2. The highest BCUT2D eigenvalue weighted by Gasteiger charge is 2.53. The Kier molecular flexibility index (Phi) is 10.5. The number of fused-ring (bicyclic) bond motifs is 8. The summed E-state index contributed by atoms with van der Waals surface area (Å²) in [6.45, 7) is 2.10. The van der Waals surface area contributed by atoms with Gasteiger partial charge < -0.3 is 52.9 Å². The number of rotatable bonds is 7. The lowest BCUT2D eigenvalue weighted by Gasteiger charge is -2.43. The minimum Gasteiger partial charge on any atom is -0.486 e. The lowest BCUT2D eigenvalue weighted by molar-refractivity contribution is -0.120. The molecule has 16 rings (SSSR count). The standard InChI is InChI=1S/C55H36N12O11S2/c68-43-25-78-49-37(60-43)18-30(24-58-49)67-45-31(34-21-41-47(75-10-8-72-41)44(61-34)27-15-42-50(57-22-27)76-12-9-73-42)19-36(35-20-32(46-51(63-35)77-13-11-74-46)33-14-26-2-1-5-56-48(26)62-33)64-53(45)79-55(54(67)69,29-16-38-52(59-23-29)80-66-65-38)28-3-4-39-40(17-28)71-7-6-70-39/h1-5,14-24H,6-13,25H2,(H,56,62)(H,60,68). The topological polar surface area (TPSA) is 264 Å². The van der Waals surface area contributed by atoms with Gasteiger partial charge in [-0.3, -0.25) is 14.5 Å². The highest BCUT2D eigenvalue weighted by atomic mass is 32.2. The molecule has 1 unspecified atom stereocenters. The Balaban J connectivity index is 1.00. The van der Waals surface area contributed by atoms with E-state index >= 15 is 4.79 Å². The van der Waals surface area contributed by atoms with E-state index in [-0.39, 0.29) is 56.2 Å². The maximum absolute atomic E-state index is 17.0. The van der Waals surface area contributed by atoms with Crippen LogP contribution in [0.5, 0.6) is 52.1 Å². The van der Waals surface area contributed by atoms with Gasteiger partial charge in [-0.1, -0.05) is 22.3 Å². The van der Waals surface area contributed by atoms with Gasteiger partial charge in [-0.15, -0.1) is 5.10 Å². The van der Waals surface area contributed by atoms with Crippen LogP contribution in [0.3, 0.4) is 0 Å². The Morgan fingerprint density at radius 3 is 2.29 bits per heavy atom. The van der Waals surface area contributed by atoms with Gasteiger partial charge in [-0.05, 0) is 66.2 Å². The Hall–Kier alpha value is -9.88. The number of nitrogens with zero attached hydrogens (tertiary/aromatic N) is 10. The third kappa shape index (κ3) is 7.44. The first-order chi connectivity index (χ1) is 39.4. The molecule has 0 fully saturated rings. The van der Waals surface area contributed by atoms with Gasteiger partial charge in [-0.2, -0.15) is 0 Å². The number of pyridine rings is 7. The van der Waals surface area contributed by atoms with E-state index in [1.54, 1.807) is 55.0 Å². The van der Waals surface area contributed by atoms with Crippen molar-refractivity contribution in [1.82, 2.24) is 49.5 Å². The van der Waals surface area contributed by atoms with Crippen molar-refractivity contribution in [2.24, 2.45) is 0 Å². The van der Waals surface area contributed by atoms with Crippen LogP contribution < -0.4 is 52.8 Å². The second kappa shape index (κ2) is 18.1. The van der Waals surface area contributed by atoms with E-state index in [9.17, 15) is 4.79 Å². The second-order valence-corrected chi connectivity index (χ2v) is 20.7. The summed E-state index contributed by atoms with van der Waals surface area (Å²) < 4.78 is 57.6. The summed E-state index contributed by atoms with van der Waals surface area (Å²) in [6, 6.07) is 22.0. The number of carbonyl (C=O) groups excluding carboxylic acids is 2. The minimum absolute atomic E-state index is 0.169. The molecule has 25 heteroatoms. The molecular weight excluding hydrogens is 1070 g/mol. The number of hydrogen-bond donors (Lipinski definition) is 2. The number of benzene rings is 1. The summed E-state index contributed by atoms with van der Waals surface area (Å²) in [6.07, 6.45) is 6.52. The summed E-state index contributed by atoms with van der Waals surface area (Å²) in [5.74, 6) is 2.44. The largest absolute Gasteiger partial charge is 0.486 e. The van der Waals surface area contributed by atoms with Gasteiger partial charge in [0, 0.05) is 63.8 Å². The predicted octanol–water partition coefficient (Wildman–Crippen LogP) is 7.74. The van der Waals surface area contributed by atoms with E-state index in [2.05, 4.69) is 34.8 Å². The number of carbonyl (C=O) groups is 2. The molecule has 0 spiro atoms. The molecule has 6 aliphatic heterocycles. The fourth-order valence-corrected chi connectivity index (χ4v) is 12.4. The van der Waals surface area contributed by atoms with E-state index in [4.69, 9.17) is 62.6 Å². The summed E-state index contributed by atoms with van der Waals surface area (Å²) in [4.78, 5) is 70.2. The van der Waals surface area contributed by atoms with Crippen LogP contribution in [-0.4, -0.2) is 121 Å². The molecule has 80 heavy (non-hydrogen) atoms. The smallest absolute Gasteiger partial charge is 0.262 e. The average Bonchev–Trinajstić information content (AvgIpc) is 4.16. The molecule has 394 valence electrons. The van der Waals surface area contributed by atoms with Crippen molar-refractivity contribution in [2.75, 3.05) is 69.7 Å². The number of hydrogen-bond acceptors (Lipinski definition) is 22. The molecule has 10 aromatic rings. The monoisotopic (exact) mass is 1100 g/mol. The van der Waals surface area contributed by atoms with Crippen LogP contribution in [0.15, 0.2) is 103 Å². The van der Waals surface area contributed by atoms with Gasteiger partial charge in [0.1, 0.15) is 80.4 Å². The molecule has 1 atom stereocenters. The maximum atomic E-state index is 17.0. The molecule has 2 N–H and O–H groups in total. The number of H-pyrrole nitrogens is 1. The number of amides is 2. The summed E-state index contributed by atoms with van der Waals surface area (Å²) in [5, 5.41) is 8.51. The summed E-state index contributed by atoms with van der Waals surface area (Å²) in [5.41, 5.74) is 6.58. The van der Waals surface area contributed by atoms with Crippen LogP contribution in [-0.2, 0) is 14.3 Å². The van der Waals surface area contributed by atoms with Gasteiger partial charge in [0.25, 0.3) is 23.6 Å². The number of ether oxygens (including phenoxy) is 9. The molecule has 15 heterocycles. The number of thioether (sulfide) groups is 1. The van der Waals surface area contributed by atoms with E-state index in [0.717, 1.165) is 16.9 Å². The first-order valence-electron chi connectivity index (χ1n) is 25.2. The van der Waals surface area contributed by atoms with Crippen molar-refractivity contribution < 1.29 is 52.2 Å². The second-order valence-electron chi connectivity index (χ2n) is 18.8. The normalized spacial score (nSPS) is 17.6. The molecule has 0 bridgehead atoms. The van der Waals surface area contributed by atoms with E-state index < -0.39 is 16.6 Å². The van der Waals surface area contributed by atoms with Crippen LogP contribution in [0.1, 0.15) is 11.1 Å². The Bertz CT molecular complexity index is 4260. The van der Waals surface area contributed by atoms with Crippen molar-refractivity contribution in [3.8, 4) is 97.3 Å². The van der Waals surface area contributed by atoms with Crippen molar-refractivity contribution >= 4 is 73.6 Å². The number of aromatic amines is 1. The Labute approximate surface area is 458 Å². The van der Waals surface area contributed by atoms with Crippen LogP contribution in [0.4, 0.5) is 17.1 Å². The van der Waals surface area contributed by atoms with Gasteiger partial charge in [0.15, 0.2) is 50.7 Å². The van der Waals surface area contributed by atoms with E-state index in [1.807, 2.05) is 36.4 Å². The number of nitrogens with one attached hydrogen (secondary N) is 2. The predicted molar refractivity (Wildman–Crippen MR) is 287 cm³/mol. The van der Waals surface area contributed by atoms with Gasteiger partial charge >= 0.3 is 0 Å². The van der Waals surface area contributed by atoms with E-state index in [1.165, 1.54) is 22.9 Å². The van der Waals surface area contributed by atoms with Crippen molar-refractivity contribution in [3.63, 3.8) is 0 Å². The van der Waals surface area contributed by atoms with Crippen molar-refractivity contribution in [2.45, 2.75) is 9.77 Å². The van der Waals surface area contributed by atoms with Crippen LogP contribution >= 0.6 is 23.3 Å². The highest BCUT2D eigenvalue weighted by Crippen LogP contribution is 2.60. The fourth-order valence-electron chi connectivity index (χ4n) is 10.5. The zero-order valence-electron chi connectivity index (χ0n) is 41.4. The van der Waals surface area contributed by atoms with Crippen LogP contribution in [0.2, 0.25) is 0 Å². The molecule has 0 saturated heterocycles. The number of aromatic nitrogens is 10. The molecule has 0 radical (unpaired) electrons. The fraction of sp³-hybridized carbons (Fsp3) is 0.182. The lowest BCUT2D eigenvalue weighted by atomic mass is 9.88. The molecular formula is C55H36N12O11S2. The van der Waals surface area contributed by atoms with Gasteiger partial charge in [0.05, 0.1) is 40.3 Å². The van der Waals surface area contributed by atoms with Crippen LogP contribution in [0, 0.1) is 0 Å². The summed E-state index contributed by atoms with van der Waals surface area (Å²) >= 11 is 2.31. The summed E-state index contributed by atoms with van der Waals surface area (Å²) in [7, 11) is 0. The Morgan fingerprint density at radius 1 is 0.600 bits per heavy atom. The van der Waals surface area contributed by atoms with Crippen molar-refractivity contribution in [1.29, 1.82) is 0 Å². The molecule has 9 aromatic heterocycles. The van der Waals surface area contributed by atoms with Crippen molar-refractivity contribution in [3.05, 3.63) is 109 Å². The average molecular weight is 1110 g/mol. The highest BCUT2D eigenvalue weighted by molar-refractivity contribution is 8.01. The zero-order chi connectivity index (χ0) is 53.1. The molecule has 23 nitrogen and oxygen atoms in total. The lowest BCUT2D eigenvalue weighted by Crippen LogP contribution is -2.47. The van der Waals surface area contributed by atoms with Crippen LogP contribution in [0.25, 0.3) is 66.5 Å². The Morgan fingerprint density at radius 2 is 1.39 bits per heavy atom. The zero-order valence-corrected chi connectivity index (χ0v) is 43.0. The van der Waals surface area contributed by atoms with Gasteiger partial charge in [0.2, 0.25) is 5.88 Å². The minimum atomic E-state index is -1.74. The third-order valence-corrected chi connectivity index (χ3v) is 16.1. The quantitative estimate of drug-likeness (QED) is 0.155. The molecule has 2 amide bonds.